The van der Waals surface area contributed by atoms with Gasteiger partial charge in [0.2, 0.25) is 0 Å². The Morgan fingerprint density at radius 3 is 2.71 bits per heavy atom. The van der Waals surface area contributed by atoms with Crippen LogP contribution in [0.2, 0.25) is 0 Å². The number of nitrogens with one attached hydrogen (secondary N) is 2. The summed E-state index contributed by atoms with van der Waals surface area (Å²) in [5, 5.41) is 17.9. The molecule has 0 spiro atoms. The highest BCUT2D eigenvalue weighted by atomic mass is 15.5. The van der Waals surface area contributed by atoms with Gasteiger partial charge >= 0.3 is 0 Å². The molecule has 2 N–H and O–H groups in total. The van der Waals surface area contributed by atoms with Gasteiger partial charge in [0.25, 0.3) is 0 Å². The Kier molecular flexibility index (Phi) is 2.77. The lowest BCUT2D eigenvalue weighted by Gasteiger charge is -2.34. The second kappa shape index (κ2) is 4.04. The number of H-pyrrole nitrogens is 1. The largest absolute Gasteiger partial charge is 0.317 e. The summed E-state index contributed by atoms with van der Waals surface area (Å²) in [6.07, 6.45) is 4.59. The van der Waals surface area contributed by atoms with Crippen LogP contribution in [0.5, 0.6) is 0 Å². The van der Waals surface area contributed by atoms with Crippen molar-refractivity contribution in [2.75, 3.05) is 13.1 Å². The number of rotatable bonds is 3. The zero-order chi connectivity index (χ0) is 9.86. The van der Waals surface area contributed by atoms with E-state index < -0.39 is 0 Å². The van der Waals surface area contributed by atoms with Crippen LogP contribution in [0, 0.1) is 0 Å². The smallest absolute Gasteiger partial charge is 0.180 e. The average Bonchev–Trinajstić information content (AvgIpc) is 2.73. The van der Waals surface area contributed by atoms with Crippen LogP contribution in [-0.2, 0) is 5.41 Å². The van der Waals surface area contributed by atoms with Gasteiger partial charge in [-0.05, 0) is 32.4 Å². The summed E-state index contributed by atoms with van der Waals surface area (Å²) in [5.41, 5.74) is 0.174. The molecule has 1 aromatic rings. The maximum absolute atomic E-state index is 4.16. The molecule has 0 bridgehead atoms. The van der Waals surface area contributed by atoms with E-state index in [4.69, 9.17) is 0 Å². The highest BCUT2D eigenvalue weighted by molar-refractivity contribution is 5.07. The Balaban J connectivity index is 2.20. The van der Waals surface area contributed by atoms with E-state index in [1.165, 1.54) is 6.42 Å². The summed E-state index contributed by atoms with van der Waals surface area (Å²) >= 11 is 0. The zero-order valence-electron chi connectivity index (χ0n) is 8.58. The number of piperidine rings is 1. The van der Waals surface area contributed by atoms with E-state index in [9.17, 15) is 0 Å². The molecule has 0 radical (unpaired) electrons. The molecular formula is C9H17N5. The second-order valence-electron chi connectivity index (χ2n) is 4.02. The number of tetrazole rings is 1. The minimum absolute atomic E-state index is 0.174. The maximum atomic E-state index is 4.16. The van der Waals surface area contributed by atoms with Crippen LogP contribution in [0.4, 0.5) is 0 Å². The first-order valence-corrected chi connectivity index (χ1v) is 5.32. The molecule has 0 saturated carbocycles. The molecule has 5 nitrogen and oxygen atoms in total. The standard InChI is InChI=1S/C9H17N5/c1-2-3-9(4-6-10-7-5-9)8-11-13-14-12-8/h10H,2-7H2,1H3,(H,11,12,13,14). The van der Waals surface area contributed by atoms with Crippen molar-refractivity contribution in [1.82, 2.24) is 25.9 Å². The molecule has 0 atom stereocenters. The van der Waals surface area contributed by atoms with Gasteiger partial charge in [-0.2, -0.15) is 5.21 Å². The molecule has 2 rings (SSSR count). The summed E-state index contributed by atoms with van der Waals surface area (Å²) in [6, 6.07) is 0. The quantitative estimate of drug-likeness (QED) is 0.742. The third kappa shape index (κ3) is 1.64. The minimum Gasteiger partial charge on any atom is -0.317 e. The fourth-order valence-corrected chi connectivity index (χ4v) is 2.36. The fourth-order valence-electron chi connectivity index (χ4n) is 2.36. The Labute approximate surface area is 83.7 Å². The molecular weight excluding hydrogens is 178 g/mol. The third-order valence-corrected chi connectivity index (χ3v) is 3.11. The molecule has 5 heteroatoms. The van der Waals surface area contributed by atoms with E-state index in [0.29, 0.717) is 0 Å². The fraction of sp³-hybridized carbons (Fsp3) is 0.889. The number of hydrogen-bond donors (Lipinski definition) is 2. The molecule has 0 aliphatic carbocycles. The molecule has 1 aromatic heterocycles. The molecule has 2 heterocycles. The van der Waals surface area contributed by atoms with Gasteiger partial charge in [0.15, 0.2) is 5.82 Å². The van der Waals surface area contributed by atoms with Crippen LogP contribution in [0.1, 0.15) is 38.4 Å². The highest BCUT2D eigenvalue weighted by Crippen LogP contribution is 2.35. The summed E-state index contributed by atoms with van der Waals surface area (Å²) < 4.78 is 0. The lowest BCUT2D eigenvalue weighted by molar-refractivity contribution is 0.270. The van der Waals surface area contributed by atoms with Gasteiger partial charge in [-0.3, -0.25) is 0 Å². The van der Waals surface area contributed by atoms with E-state index in [2.05, 4.69) is 32.9 Å². The first-order chi connectivity index (χ1) is 6.87. The van der Waals surface area contributed by atoms with Gasteiger partial charge in [0.05, 0.1) is 0 Å². The van der Waals surface area contributed by atoms with Crippen molar-refractivity contribution in [1.29, 1.82) is 0 Å². The van der Waals surface area contributed by atoms with Crippen molar-refractivity contribution in [3.05, 3.63) is 5.82 Å². The number of aromatic nitrogens is 4. The molecule has 1 aliphatic rings. The van der Waals surface area contributed by atoms with Gasteiger partial charge < -0.3 is 5.32 Å². The first kappa shape index (κ1) is 9.58. The topological polar surface area (TPSA) is 66.5 Å². The number of hydrogen-bond acceptors (Lipinski definition) is 4. The maximum Gasteiger partial charge on any atom is 0.180 e. The van der Waals surface area contributed by atoms with Crippen molar-refractivity contribution in [2.45, 2.75) is 38.0 Å². The van der Waals surface area contributed by atoms with E-state index in [0.717, 1.165) is 38.2 Å². The van der Waals surface area contributed by atoms with Gasteiger partial charge in [-0.1, -0.05) is 18.6 Å². The lowest BCUT2D eigenvalue weighted by atomic mass is 9.75. The molecule has 1 fully saturated rings. The van der Waals surface area contributed by atoms with E-state index >= 15 is 0 Å². The van der Waals surface area contributed by atoms with Crippen LogP contribution in [0.3, 0.4) is 0 Å². The Morgan fingerprint density at radius 2 is 2.14 bits per heavy atom. The molecule has 1 saturated heterocycles. The van der Waals surface area contributed by atoms with E-state index in [1.807, 2.05) is 0 Å². The van der Waals surface area contributed by atoms with Crippen LogP contribution in [0.15, 0.2) is 0 Å². The second-order valence-corrected chi connectivity index (χ2v) is 4.02. The van der Waals surface area contributed by atoms with Gasteiger partial charge in [-0.25, -0.2) is 0 Å². The summed E-state index contributed by atoms with van der Waals surface area (Å²) in [6.45, 7) is 4.34. The van der Waals surface area contributed by atoms with Crippen molar-refractivity contribution in [2.24, 2.45) is 0 Å². The van der Waals surface area contributed by atoms with Gasteiger partial charge in [0.1, 0.15) is 0 Å². The highest BCUT2D eigenvalue weighted by Gasteiger charge is 2.36. The molecule has 0 aromatic carbocycles. The zero-order valence-corrected chi connectivity index (χ0v) is 8.58. The summed E-state index contributed by atoms with van der Waals surface area (Å²) in [5.74, 6) is 0.904. The summed E-state index contributed by atoms with van der Waals surface area (Å²) in [7, 11) is 0. The van der Waals surface area contributed by atoms with Crippen molar-refractivity contribution in [3.63, 3.8) is 0 Å². The van der Waals surface area contributed by atoms with Crippen LogP contribution in [-0.4, -0.2) is 33.7 Å². The SMILES string of the molecule is CCCC1(c2nn[nH]n2)CCNCC1. The summed E-state index contributed by atoms with van der Waals surface area (Å²) in [4.78, 5) is 0. The van der Waals surface area contributed by atoms with E-state index in [1.54, 1.807) is 0 Å². The molecule has 0 unspecified atom stereocenters. The molecule has 14 heavy (non-hydrogen) atoms. The number of nitrogens with zero attached hydrogens (tertiary/aromatic N) is 3. The van der Waals surface area contributed by atoms with Crippen LogP contribution in [0.25, 0.3) is 0 Å². The Hall–Kier alpha value is -0.970. The molecule has 78 valence electrons. The monoisotopic (exact) mass is 195 g/mol. The molecule has 0 amide bonds. The Morgan fingerprint density at radius 1 is 1.36 bits per heavy atom. The predicted molar refractivity (Wildman–Crippen MR) is 52.9 cm³/mol. The average molecular weight is 195 g/mol. The lowest BCUT2D eigenvalue weighted by Crippen LogP contribution is -2.40. The predicted octanol–water partition coefficient (Wildman–Crippen LogP) is 0.621. The van der Waals surface area contributed by atoms with Gasteiger partial charge in [0, 0.05) is 5.41 Å². The van der Waals surface area contributed by atoms with Crippen molar-refractivity contribution >= 4 is 0 Å². The van der Waals surface area contributed by atoms with Crippen molar-refractivity contribution < 1.29 is 0 Å². The minimum atomic E-state index is 0.174. The van der Waals surface area contributed by atoms with E-state index in [-0.39, 0.29) is 5.41 Å². The Bertz CT molecular complexity index is 257. The first-order valence-electron chi connectivity index (χ1n) is 5.32. The van der Waals surface area contributed by atoms with Crippen LogP contribution >= 0.6 is 0 Å². The van der Waals surface area contributed by atoms with Gasteiger partial charge in [-0.15, -0.1) is 10.2 Å². The number of aromatic amines is 1. The van der Waals surface area contributed by atoms with Crippen molar-refractivity contribution in [3.8, 4) is 0 Å². The normalized spacial score (nSPS) is 20.9. The van der Waals surface area contributed by atoms with Crippen LogP contribution < -0.4 is 5.32 Å². The molecule has 1 aliphatic heterocycles. The third-order valence-electron chi connectivity index (χ3n) is 3.11.